The van der Waals surface area contributed by atoms with Crippen molar-refractivity contribution in [3.8, 4) is 5.88 Å². The molecule has 2 aromatic heterocycles. The van der Waals surface area contributed by atoms with E-state index in [1.54, 1.807) is 18.8 Å². The highest BCUT2D eigenvalue weighted by Crippen LogP contribution is 2.34. The molecule has 25 heavy (non-hydrogen) atoms. The van der Waals surface area contributed by atoms with Crippen molar-refractivity contribution in [3.63, 3.8) is 0 Å². The van der Waals surface area contributed by atoms with Gasteiger partial charge in [0.05, 0.1) is 34.1 Å². The fourth-order valence-corrected chi connectivity index (χ4v) is 3.51. The maximum absolute atomic E-state index is 12.8. The van der Waals surface area contributed by atoms with Gasteiger partial charge in [-0.15, -0.1) is 0 Å². The number of aryl methyl sites for hydroxylation is 2. The van der Waals surface area contributed by atoms with Crippen molar-refractivity contribution in [3.05, 3.63) is 35.0 Å². The molecular weight excluding hydrogens is 353 g/mol. The molecule has 0 amide bonds. The van der Waals surface area contributed by atoms with Gasteiger partial charge in [0.1, 0.15) is 0 Å². The summed E-state index contributed by atoms with van der Waals surface area (Å²) in [5.74, 6) is 0.657. The Labute approximate surface area is 146 Å². The first-order valence-corrected chi connectivity index (χ1v) is 8.45. The smallest absolute Gasteiger partial charge is 0.416 e. The summed E-state index contributed by atoms with van der Waals surface area (Å²) in [7, 11) is 3.38. The highest BCUT2D eigenvalue weighted by atomic mass is 32.1. The molecule has 0 aliphatic carbocycles. The van der Waals surface area contributed by atoms with E-state index < -0.39 is 11.7 Å². The Morgan fingerprint density at radius 3 is 2.72 bits per heavy atom. The first kappa shape index (κ1) is 17.5. The average molecular weight is 370 g/mol. The summed E-state index contributed by atoms with van der Waals surface area (Å²) < 4.78 is 46.1. The standard InChI is InChI=1S/C16H17F3N4OS/c1-4-11-10(14(24-3)23(2)22-11)8-20-15-21-12-7-9(16(17,18)19)5-6-13(12)25-15/h5-7H,4,8H2,1-3H3,(H,20,21). The normalized spacial score (nSPS) is 11.9. The lowest BCUT2D eigenvalue weighted by Gasteiger charge is -2.06. The molecule has 0 spiro atoms. The van der Waals surface area contributed by atoms with Crippen LogP contribution < -0.4 is 10.1 Å². The lowest BCUT2D eigenvalue weighted by Crippen LogP contribution is -2.04. The third kappa shape index (κ3) is 3.41. The zero-order valence-electron chi connectivity index (χ0n) is 13.9. The van der Waals surface area contributed by atoms with Crippen molar-refractivity contribution in [2.24, 2.45) is 7.05 Å². The van der Waals surface area contributed by atoms with Crippen LogP contribution in [0, 0.1) is 0 Å². The van der Waals surface area contributed by atoms with Gasteiger partial charge in [-0.1, -0.05) is 18.3 Å². The molecular formula is C16H17F3N4OS. The van der Waals surface area contributed by atoms with Crippen molar-refractivity contribution >= 4 is 26.7 Å². The number of thiazole rings is 1. The SMILES string of the molecule is CCc1nn(C)c(OC)c1CNc1nc2cc(C(F)(F)F)ccc2s1. The second-order valence-electron chi connectivity index (χ2n) is 5.46. The van der Waals surface area contributed by atoms with Gasteiger partial charge in [-0.05, 0) is 24.6 Å². The van der Waals surface area contributed by atoms with Crippen molar-refractivity contribution < 1.29 is 17.9 Å². The summed E-state index contributed by atoms with van der Waals surface area (Å²) in [6.07, 6.45) is -3.62. The van der Waals surface area contributed by atoms with E-state index in [-0.39, 0.29) is 0 Å². The summed E-state index contributed by atoms with van der Waals surface area (Å²) in [6, 6.07) is 3.59. The van der Waals surface area contributed by atoms with Crippen LogP contribution in [0.1, 0.15) is 23.7 Å². The van der Waals surface area contributed by atoms with Gasteiger partial charge < -0.3 is 10.1 Å². The van der Waals surface area contributed by atoms with E-state index in [0.717, 1.165) is 29.8 Å². The van der Waals surface area contributed by atoms with Gasteiger partial charge in [0.2, 0.25) is 5.88 Å². The van der Waals surface area contributed by atoms with Gasteiger partial charge in [0.15, 0.2) is 5.13 Å². The molecule has 0 unspecified atom stereocenters. The molecule has 0 atom stereocenters. The van der Waals surface area contributed by atoms with Gasteiger partial charge in [0, 0.05) is 13.6 Å². The van der Waals surface area contributed by atoms with E-state index in [0.29, 0.717) is 27.8 Å². The molecule has 3 rings (SSSR count). The molecule has 0 bridgehead atoms. The van der Waals surface area contributed by atoms with Gasteiger partial charge >= 0.3 is 6.18 Å². The van der Waals surface area contributed by atoms with Crippen molar-refractivity contribution in [1.82, 2.24) is 14.8 Å². The van der Waals surface area contributed by atoms with Crippen molar-refractivity contribution in [2.45, 2.75) is 26.1 Å². The Balaban J connectivity index is 1.85. The monoisotopic (exact) mass is 370 g/mol. The number of aromatic nitrogens is 3. The number of fused-ring (bicyclic) bond motifs is 1. The van der Waals surface area contributed by atoms with E-state index in [2.05, 4.69) is 15.4 Å². The second-order valence-corrected chi connectivity index (χ2v) is 6.50. The highest BCUT2D eigenvalue weighted by Gasteiger charge is 2.30. The molecule has 3 aromatic rings. The van der Waals surface area contributed by atoms with Crippen molar-refractivity contribution in [1.29, 1.82) is 0 Å². The zero-order chi connectivity index (χ0) is 18.2. The Morgan fingerprint density at radius 2 is 2.08 bits per heavy atom. The van der Waals surface area contributed by atoms with Crippen LogP contribution in [0.15, 0.2) is 18.2 Å². The van der Waals surface area contributed by atoms with Crippen LogP contribution in [0.25, 0.3) is 10.2 Å². The van der Waals surface area contributed by atoms with Crippen LogP contribution in [0.5, 0.6) is 5.88 Å². The first-order chi connectivity index (χ1) is 11.8. The van der Waals surface area contributed by atoms with Crippen LogP contribution in [0.3, 0.4) is 0 Å². The number of alkyl halides is 3. The summed E-state index contributed by atoms with van der Waals surface area (Å²) in [5, 5.41) is 8.13. The number of methoxy groups -OCH3 is 1. The highest BCUT2D eigenvalue weighted by molar-refractivity contribution is 7.22. The van der Waals surface area contributed by atoms with Gasteiger partial charge in [-0.3, -0.25) is 0 Å². The number of nitrogens with one attached hydrogen (secondary N) is 1. The Bertz CT molecular complexity index is 901. The number of anilines is 1. The minimum Gasteiger partial charge on any atom is -0.481 e. The topological polar surface area (TPSA) is 52.0 Å². The van der Waals surface area contributed by atoms with Gasteiger partial charge in [-0.2, -0.15) is 18.3 Å². The Kier molecular flexibility index (Phi) is 4.59. The number of rotatable bonds is 5. The number of halogens is 3. The molecule has 0 fully saturated rings. The predicted octanol–water partition coefficient (Wildman–Crippen LogP) is 4.23. The number of nitrogens with zero attached hydrogens (tertiary/aromatic N) is 3. The lowest BCUT2D eigenvalue weighted by molar-refractivity contribution is -0.137. The molecule has 0 radical (unpaired) electrons. The summed E-state index contributed by atoms with van der Waals surface area (Å²) in [6.45, 7) is 2.44. The summed E-state index contributed by atoms with van der Waals surface area (Å²) in [5.41, 5.74) is 1.46. The van der Waals surface area contributed by atoms with E-state index in [9.17, 15) is 13.2 Å². The molecule has 5 nitrogen and oxygen atoms in total. The molecule has 1 aromatic carbocycles. The Morgan fingerprint density at radius 1 is 1.32 bits per heavy atom. The van der Waals surface area contributed by atoms with Crippen LogP contribution in [0.4, 0.5) is 18.3 Å². The second kappa shape index (κ2) is 6.55. The molecule has 0 aliphatic rings. The fraction of sp³-hybridized carbons (Fsp3) is 0.375. The predicted molar refractivity (Wildman–Crippen MR) is 91.1 cm³/mol. The van der Waals surface area contributed by atoms with Crippen LogP contribution in [-0.4, -0.2) is 21.9 Å². The molecule has 134 valence electrons. The third-order valence-corrected chi connectivity index (χ3v) is 4.82. The molecule has 0 saturated heterocycles. The average Bonchev–Trinajstić information content (AvgIpc) is 3.10. The third-order valence-electron chi connectivity index (χ3n) is 3.83. The number of hydrogen-bond donors (Lipinski definition) is 1. The van der Waals surface area contributed by atoms with Gasteiger partial charge in [-0.25, -0.2) is 9.67 Å². The summed E-state index contributed by atoms with van der Waals surface area (Å²) >= 11 is 1.31. The van der Waals surface area contributed by atoms with Crippen LogP contribution in [0.2, 0.25) is 0 Å². The molecule has 0 saturated carbocycles. The molecule has 0 aliphatic heterocycles. The summed E-state index contributed by atoms with van der Waals surface area (Å²) in [4.78, 5) is 4.26. The number of ether oxygens (including phenoxy) is 1. The van der Waals surface area contributed by atoms with Gasteiger partial charge in [0.25, 0.3) is 0 Å². The Hall–Kier alpha value is -2.29. The van der Waals surface area contributed by atoms with Crippen LogP contribution in [-0.2, 0) is 26.2 Å². The largest absolute Gasteiger partial charge is 0.481 e. The van der Waals surface area contributed by atoms with Crippen LogP contribution >= 0.6 is 11.3 Å². The van der Waals surface area contributed by atoms with E-state index >= 15 is 0 Å². The molecule has 2 heterocycles. The zero-order valence-corrected chi connectivity index (χ0v) is 14.8. The lowest BCUT2D eigenvalue weighted by atomic mass is 10.2. The number of benzene rings is 1. The van der Waals surface area contributed by atoms with E-state index in [1.807, 2.05) is 6.92 Å². The minimum atomic E-state index is -4.37. The molecule has 9 heteroatoms. The molecule has 1 N–H and O–H groups in total. The first-order valence-electron chi connectivity index (χ1n) is 7.64. The maximum atomic E-state index is 12.8. The van der Waals surface area contributed by atoms with E-state index in [4.69, 9.17) is 4.74 Å². The number of hydrogen-bond acceptors (Lipinski definition) is 5. The fourth-order valence-electron chi connectivity index (χ4n) is 2.67. The van der Waals surface area contributed by atoms with E-state index in [1.165, 1.54) is 17.4 Å². The quantitative estimate of drug-likeness (QED) is 0.730. The van der Waals surface area contributed by atoms with Crippen molar-refractivity contribution in [2.75, 3.05) is 12.4 Å². The minimum absolute atomic E-state index is 0.330. The maximum Gasteiger partial charge on any atom is 0.416 e.